The van der Waals surface area contributed by atoms with Crippen LogP contribution in [0.3, 0.4) is 0 Å². The molecule has 2 rings (SSSR count). The van der Waals surface area contributed by atoms with E-state index in [1.165, 1.54) is 7.11 Å². The van der Waals surface area contributed by atoms with Crippen LogP contribution < -0.4 is 5.32 Å². The van der Waals surface area contributed by atoms with E-state index >= 15 is 0 Å². The highest BCUT2D eigenvalue weighted by molar-refractivity contribution is 5.80. The lowest BCUT2D eigenvalue weighted by atomic mass is 9.91. The number of nitrogens with one attached hydrogen (secondary N) is 1. The number of ether oxygens (including phenoxy) is 1. The van der Waals surface area contributed by atoms with Crippen LogP contribution in [0.2, 0.25) is 0 Å². The summed E-state index contributed by atoms with van der Waals surface area (Å²) in [4.78, 5) is 11.8. The minimum absolute atomic E-state index is 0.0136. The third-order valence-corrected chi connectivity index (χ3v) is 3.65. The van der Waals surface area contributed by atoms with Crippen molar-refractivity contribution in [3.63, 3.8) is 0 Å². The molecule has 1 heterocycles. The van der Waals surface area contributed by atoms with Gasteiger partial charge in [-0.2, -0.15) is 0 Å². The van der Waals surface area contributed by atoms with Crippen LogP contribution in [0, 0.1) is 5.92 Å². The topological polar surface area (TPSA) is 58.6 Å². The first kappa shape index (κ1) is 13.1. The van der Waals surface area contributed by atoms with Crippen molar-refractivity contribution in [2.75, 3.05) is 13.7 Å². The predicted molar refractivity (Wildman–Crippen MR) is 67.9 cm³/mol. The Bertz CT molecular complexity index is 420. The standard InChI is InChI=1S/C14H19NO3/c1-14(13(17)18-2)8-11(9-16)12(15-14)10-6-4-3-5-7-10/h3-7,11-12,15-16H,8-9H2,1-2H3/t11-,12-,14+/m1/s1. The largest absolute Gasteiger partial charge is 0.468 e. The van der Waals surface area contributed by atoms with Crippen molar-refractivity contribution < 1.29 is 14.6 Å². The normalized spacial score (nSPS) is 31.3. The van der Waals surface area contributed by atoms with Crippen LogP contribution in [0.25, 0.3) is 0 Å². The molecule has 1 aromatic rings. The van der Waals surface area contributed by atoms with E-state index < -0.39 is 5.54 Å². The van der Waals surface area contributed by atoms with Crippen molar-refractivity contribution in [1.29, 1.82) is 0 Å². The molecule has 0 saturated carbocycles. The second-order valence-corrected chi connectivity index (χ2v) is 5.00. The third kappa shape index (κ3) is 2.26. The number of carbonyl (C=O) groups excluding carboxylic acids is 1. The Kier molecular flexibility index (Phi) is 3.68. The molecule has 18 heavy (non-hydrogen) atoms. The van der Waals surface area contributed by atoms with Crippen LogP contribution in [-0.2, 0) is 9.53 Å². The van der Waals surface area contributed by atoms with Crippen LogP contribution in [0.1, 0.15) is 24.9 Å². The molecule has 0 aliphatic carbocycles. The smallest absolute Gasteiger partial charge is 0.325 e. The number of methoxy groups -OCH3 is 1. The summed E-state index contributed by atoms with van der Waals surface area (Å²) in [5.41, 5.74) is 0.368. The van der Waals surface area contributed by atoms with Gasteiger partial charge in [-0.1, -0.05) is 30.3 Å². The highest BCUT2D eigenvalue weighted by atomic mass is 16.5. The Morgan fingerprint density at radius 3 is 2.72 bits per heavy atom. The molecular formula is C14H19NO3. The SMILES string of the molecule is COC(=O)[C@]1(C)C[C@H](CO)[C@@H](c2ccccc2)N1. The maximum atomic E-state index is 11.8. The van der Waals surface area contributed by atoms with E-state index in [0.29, 0.717) is 6.42 Å². The van der Waals surface area contributed by atoms with Crippen molar-refractivity contribution in [3.8, 4) is 0 Å². The van der Waals surface area contributed by atoms with Crippen LogP contribution in [0.4, 0.5) is 0 Å². The van der Waals surface area contributed by atoms with Gasteiger partial charge < -0.3 is 9.84 Å². The minimum Gasteiger partial charge on any atom is -0.468 e. The summed E-state index contributed by atoms with van der Waals surface area (Å²) in [5, 5.41) is 12.8. The van der Waals surface area contributed by atoms with E-state index in [0.717, 1.165) is 5.56 Å². The number of esters is 1. The molecule has 4 nitrogen and oxygen atoms in total. The maximum absolute atomic E-state index is 11.8. The first-order valence-corrected chi connectivity index (χ1v) is 6.12. The number of aliphatic hydroxyl groups is 1. The zero-order valence-corrected chi connectivity index (χ0v) is 10.7. The Morgan fingerprint density at radius 2 is 2.17 bits per heavy atom. The Morgan fingerprint density at radius 1 is 1.50 bits per heavy atom. The maximum Gasteiger partial charge on any atom is 0.325 e. The molecule has 0 amide bonds. The first-order valence-electron chi connectivity index (χ1n) is 6.12. The van der Waals surface area contributed by atoms with Crippen molar-refractivity contribution in [3.05, 3.63) is 35.9 Å². The van der Waals surface area contributed by atoms with Crippen LogP contribution >= 0.6 is 0 Å². The Hall–Kier alpha value is -1.39. The molecule has 1 aromatic carbocycles. The lowest BCUT2D eigenvalue weighted by Crippen LogP contribution is -2.45. The summed E-state index contributed by atoms with van der Waals surface area (Å²) in [6.07, 6.45) is 0.579. The molecule has 98 valence electrons. The fourth-order valence-electron chi connectivity index (χ4n) is 2.72. The van der Waals surface area contributed by atoms with Crippen LogP contribution in [0.5, 0.6) is 0 Å². The highest BCUT2D eigenvalue weighted by Crippen LogP contribution is 2.38. The number of hydrogen-bond acceptors (Lipinski definition) is 4. The fourth-order valence-corrected chi connectivity index (χ4v) is 2.72. The Balaban J connectivity index is 2.25. The third-order valence-electron chi connectivity index (χ3n) is 3.65. The molecule has 1 saturated heterocycles. The predicted octanol–water partition coefficient (Wildman–Crippen LogP) is 1.26. The molecule has 1 fully saturated rings. The molecule has 1 aliphatic rings. The molecule has 0 unspecified atom stereocenters. The van der Waals surface area contributed by atoms with Crippen molar-refractivity contribution in [2.24, 2.45) is 5.92 Å². The summed E-state index contributed by atoms with van der Waals surface area (Å²) in [6.45, 7) is 1.88. The second kappa shape index (κ2) is 5.08. The molecule has 3 atom stereocenters. The molecule has 1 aliphatic heterocycles. The number of rotatable bonds is 3. The number of hydrogen-bond donors (Lipinski definition) is 2. The Labute approximate surface area is 107 Å². The average molecular weight is 249 g/mol. The van der Waals surface area contributed by atoms with E-state index in [4.69, 9.17) is 4.74 Å². The highest BCUT2D eigenvalue weighted by Gasteiger charge is 2.47. The average Bonchev–Trinajstić information content (AvgIpc) is 2.77. The molecule has 0 radical (unpaired) electrons. The molecular weight excluding hydrogens is 230 g/mol. The van der Waals surface area contributed by atoms with Crippen molar-refractivity contribution >= 4 is 5.97 Å². The van der Waals surface area contributed by atoms with Gasteiger partial charge in [0.2, 0.25) is 0 Å². The molecule has 4 heteroatoms. The lowest BCUT2D eigenvalue weighted by molar-refractivity contribution is -0.147. The minimum atomic E-state index is -0.720. The number of benzene rings is 1. The van der Waals surface area contributed by atoms with Crippen molar-refractivity contribution in [2.45, 2.75) is 24.9 Å². The van der Waals surface area contributed by atoms with Gasteiger partial charge in [0.15, 0.2) is 0 Å². The van der Waals surface area contributed by atoms with Gasteiger partial charge in [0.1, 0.15) is 5.54 Å². The van der Waals surface area contributed by atoms with Gasteiger partial charge >= 0.3 is 5.97 Å². The number of carbonyl (C=O) groups is 1. The summed E-state index contributed by atoms with van der Waals surface area (Å²) in [6, 6.07) is 9.86. The van der Waals surface area contributed by atoms with Gasteiger partial charge in [0.05, 0.1) is 7.11 Å². The van der Waals surface area contributed by atoms with Crippen LogP contribution in [0.15, 0.2) is 30.3 Å². The van der Waals surface area contributed by atoms with Gasteiger partial charge in [0.25, 0.3) is 0 Å². The van der Waals surface area contributed by atoms with E-state index in [-0.39, 0.29) is 24.5 Å². The first-order chi connectivity index (χ1) is 8.60. The van der Waals surface area contributed by atoms with Crippen molar-refractivity contribution in [1.82, 2.24) is 5.32 Å². The lowest BCUT2D eigenvalue weighted by Gasteiger charge is -2.22. The van der Waals surface area contributed by atoms with Gasteiger partial charge in [-0.05, 0) is 18.9 Å². The summed E-state index contributed by atoms with van der Waals surface area (Å²) >= 11 is 0. The zero-order chi connectivity index (χ0) is 13.2. The zero-order valence-electron chi connectivity index (χ0n) is 10.7. The summed E-state index contributed by atoms with van der Waals surface area (Å²) in [7, 11) is 1.39. The molecule has 2 N–H and O–H groups in total. The van der Waals surface area contributed by atoms with Crippen LogP contribution in [-0.4, -0.2) is 30.3 Å². The summed E-state index contributed by atoms with van der Waals surface area (Å²) in [5.74, 6) is -0.254. The van der Waals surface area contributed by atoms with Gasteiger partial charge in [-0.25, -0.2) is 0 Å². The molecule has 0 bridgehead atoms. The second-order valence-electron chi connectivity index (χ2n) is 5.00. The summed E-state index contributed by atoms with van der Waals surface area (Å²) < 4.78 is 4.83. The van der Waals surface area contributed by atoms with E-state index in [1.54, 1.807) is 0 Å². The van der Waals surface area contributed by atoms with Gasteiger partial charge in [-0.3, -0.25) is 10.1 Å². The van der Waals surface area contributed by atoms with E-state index in [1.807, 2.05) is 37.3 Å². The number of aliphatic hydroxyl groups excluding tert-OH is 1. The monoisotopic (exact) mass is 249 g/mol. The fraction of sp³-hybridized carbons (Fsp3) is 0.500. The molecule has 0 spiro atoms. The van der Waals surface area contributed by atoms with Gasteiger partial charge in [-0.15, -0.1) is 0 Å². The quantitative estimate of drug-likeness (QED) is 0.792. The van der Waals surface area contributed by atoms with E-state index in [9.17, 15) is 9.90 Å². The molecule has 0 aromatic heterocycles. The van der Waals surface area contributed by atoms with Gasteiger partial charge in [0, 0.05) is 18.6 Å². The van der Waals surface area contributed by atoms with E-state index in [2.05, 4.69) is 5.32 Å².